The lowest BCUT2D eigenvalue weighted by Crippen LogP contribution is -2.39. The summed E-state index contributed by atoms with van der Waals surface area (Å²) >= 11 is 7.87. The Morgan fingerprint density at radius 1 is 1.43 bits per heavy atom. The molecular formula is C15H19ClN2O2S. The Morgan fingerprint density at radius 3 is 3.05 bits per heavy atom. The van der Waals surface area contributed by atoms with E-state index in [1.807, 2.05) is 12.1 Å². The molecule has 2 heterocycles. The van der Waals surface area contributed by atoms with Crippen LogP contribution in [0.15, 0.2) is 17.1 Å². The number of nitrogens with one attached hydrogen (secondary N) is 1. The minimum absolute atomic E-state index is 0.236. The number of nitrogens with zero attached hydrogens (tertiary/aromatic N) is 1. The first-order valence-corrected chi connectivity index (χ1v) is 8.33. The normalized spacial score (nSPS) is 20.0. The average Bonchev–Trinajstić information content (AvgIpc) is 2.45. The van der Waals surface area contributed by atoms with Crippen LogP contribution in [0.25, 0.3) is 0 Å². The van der Waals surface area contributed by atoms with Gasteiger partial charge in [0.1, 0.15) is 5.75 Å². The van der Waals surface area contributed by atoms with Crippen molar-refractivity contribution in [2.75, 3.05) is 19.9 Å². The Bertz CT molecular complexity index is 575. The predicted molar refractivity (Wildman–Crippen MR) is 87.1 cm³/mol. The maximum Gasteiger partial charge on any atom is 0.189 e. The average molecular weight is 327 g/mol. The van der Waals surface area contributed by atoms with Crippen LogP contribution < -0.4 is 10.1 Å². The summed E-state index contributed by atoms with van der Waals surface area (Å²) in [4.78, 5) is 4.60. The Kier molecular flexibility index (Phi) is 4.33. The third-order valence-corrected chi connectivity index (χ3v) is 4.71. The minimum Gasteiger partial charge on any atom is -0.467 e. The summed E-state index contributed by atoms with van der Waals surface area (Å²) in [5, 5.41) is 5.10. The maximum absolute atomic E-state index is 6.17. The van der Waals surface area contributed by atoms with Crippen molar-refractivity contribution < 1.29 is 9.47 Å². The molecule has 21 heavy (non-hydrogen) atoms. The molecule has 0 spiro atoms. The summed E-state index contributed by atoms with van der Waals surface area (Å²) in [7, 11) is 0. The molecule has 6 heteroatoms. The Hall–Kier alpha value is -0.910. The summed E-state index contributed by atoms with van der Waals surface area (Å²) in [5.74, 6) is 1.70. The van der Waals surface area contributed by atoms with E-state index in [2.05, 4.69) is 24.2 Å². The predicted octanol–water partition coefficient (Wildman–Crippen LogP) is 3.43. The number of thioether (sulfide) groups is 1. The number of rotatable bonds is 2. The molecule has 0 aliphatic carbocycles. The summed E-state index contributed by atoms with van der Waals surface area (Å²) in [6.07, 6.45) is 0. The molecule has 0 unspecified atom stereocenters. The van der Waals surface area contributed by atoms with Crippen molar-refractivity contribution in [3.63, 3.8) is 0 Å². The molecule has 0 aromatic heterocycles. The van der Waals surface area contributed by atoms with Crippen LogP contribution in [0.2, 0.25) is 5.02 Å². The van der Waals surface area contributed by atoms with Crippen LogP contribution in [0, 0.1) is 5.41 Å². The smallest absolute Gasteiger partial charge is 0.189 e. The van der Waals surface area contributed by atoms with Crippen LogP contribution in [0.4, 0.5) is 0 Å². The van der Waals surface area contributed by atoms with Crippen molar-refractivity contribution in [3.8, 4) is 5.75 Å². The molecule has 0 radical (unpaired) electrons. The van der Waals surface area contributed by atoms with E-state index in [-0.39, 0.29) is 5.41 Å². The number of halogens is 1. The van der Waals surface area contributed by atoms with Gasteiger partial charge in [0.25, 0.3) is 0 Å². The van der Waals surface area contributed by atoms with Gasteiger partial charge < -0.3 is 14.8 Å². The fraction of sp³-hybridized carbons (Fsp3) is 0.533. The number of ether oxygens (including phenoxy) is 2. The van der Waals surface area contributed by atoms with Gasteiger partial charge in [-0.15, -0.1) is 0 Å². The molecule has 2 aliphatic heterocycles. The number of amidine groups is 1. The van der Waals surface area contributed by atoms with Gasteiger partial charge in [0.2, 0.25) is 0 Å². The molecule has 0 bridgehead atoms. The number of fused-ring (bicyclic) bond motifs is 1. The van der Waals surface area contributed by atoms with E-state index in [4.69, 9.17) is 21.1 Å². The Labute approximate surface area is 134 Å². The fourth-order valence-corrected chi connectivity index (χ4v) is 3.42. The van der Waals surface area contributed by atoms with Crippen LogP contribution in [0.3, 0.4) is 0 Å². The van der Waals surface area contributed by atoms with E-state index in [0.29, 0.717) is 13.4 Å². The van der Waals surface area contributed by atoms with Gasteiger partial charge >= 0.3 is 0 Å². The largest absolute Gasteiger partial charge is 0.467 e. The topological polar surface area (TPSA) is 42.9 Å². The summed E-state index contributed by atoms with van der Waals surface area (Å²) < 4.78 is 10.9. The number of hydrogen-bond acceptors (Lipinski definition) is 5. The van der Waals surface area contributed by atoms with Gasteiger partial charge in [0, 0.05) is 40.4 Å². The number of hydrogen-bond donors (Lipinski definition) is 1. The van der Waals surface area contributed by atoms with Gasteiger partial charge in [0.15, 0.2) is 12.0 Å². The number of aliphatic imine (C=N–C) groups is 1. The second-order valence-corrected chi connectivity index (χ2v) is 7.49. The summed E-state index contributed by atoms with van der Waals surface area (Å²) in [5.41, 5.74) is 2.35. The lowest BCUT2D eigenvalue weighted by Gasteiger charge is -2.29. The third kappa shape index (κ3) is 3.65. The lowest BCUT2D eigenvalue weighted by atomic mass is 9.93. The van der Waals surface area contributed by atoms with E-state index < -0.39 is 0 Å². The second kappa shape index (κ2) is 6.07. The molecule has 1 aromatic rings. The zero-order chi connectivity index (χ0) is 14.9. The zero-order valence-corrected chi connectivity index (χ0v) is 13.8. The van der Waals surface area contributed by atoms with Crippen LogP contribution in [0.1, 0.15) is 25.0 Å². The van der Waals surface area contributed by atoms with Crippen LogP contribution >= 0.6 is 23.4 Å². The van der Waals surface area contributed by atoms with Crippen LogP contribution in [-0.2, 0) is 17.1 Å². The summed E-state index contributed by atoms with van der Waals surface area (Å²) in [6, 6.07) is 3.87. The van der Waals surface area contributed by atoms with Crippen molar-refractivity contribution in [1.29, 1.82) is 0 Å². The van der Waals surface area contributed by atoms with E-state index in [1.165, 1.54) is 0 Å². The van der Waals surface area contributed by atoms with Gasteiger partial charge in [-0.05, 0) is 12.1 Å². The monoisotopic (exact) mass is 326 g/mol. The molecule has 2 aliphatic rings. The minimum atomic E-state index is 0.236. The molecule has 0 saturated carbocycles. The van der Waals surface area contributed by atoms with Crippen LogP contribution in [-0.4, -0.2) is 25.1 Å². The van der Waals surface area contributed by atoms with Gasteiger partial charge in [-0.2, -0.15) is 0 Å². The SMILES string of the molecule is CC1(C)CN=C(SCc2cc(Cl)cc3c2OCOC3)NC1. The van der Waals surface area contributed by atoms with Crippen LogP contribution in [0.5, 0.6) is 5.75 Å². The molecular weight excluding hydrogens is 308 g/mol. The number of benzene rings is 1. The first-order chi connectivity index (χ1) is 10.0. The lowest BCUT2D eigenvalue weighted by molar-refractivity contribution is -0.0168. The molecule has 0 amide bonds. The molecule has 1 N–H and O–H groups in total. The highest BCUT2D eigenvalue weighted by atomic mass is 35.5. The van der Waals surface area contributed by atoms with Crippen molar-refractivity contribution in [2.45, 2.75) is 26.2 Å². The van der Waals surface area contributed by atoms with E-state index in [1.54, 1.807) is 11.8 Å². The van der Waals surface area contributed by atoms with Gasteiger partial charge in [0.05, 0.1) is 6.61 Å². The van der Waals surface area contributed by atoms with Crippen molar-refractivity contribution in [1.82, 2.24) is 5.32 Å². The zero-order valence-electron chi connectivity index (χ0n) is 12.2. The van der Waals surface area contributed by atoms with Gasteiger partial charge in [-0.3, -0.25) is 4.99 Å². The molecule has 1 aromatic carbocycles. The van der Waals surface area contributed by atoms with E-state index in [0.717, 1.165) is 45.9 Å². The quantitative estimate of drug-likeness (QED) is 0.904. The highest BCUT2D eigenvalue weighted by Gasteiger charge is 2.23. The highest BCUT2D eigenvalue weighted by molar-refractivity contribution is 8.13. The summed E-state index contributed by atoms with van der Waals surface area (Å²) in [6.45, 7) is 7.11. The standard InChI is InChI=1S/C15H19ClN2O2S/c1-15(2)7-17-14(18-8-15)21-6-11-4-12(16)3-10-5-19-9-20-13(10)11/h3-4H,5-9H2,1-2H3,(H,17,18). The van der Waals surface area contributed by atoms with E-state index in [9.17, 15) is 0 Å². The third-order valence-electron chi connectivity index (χ3n) is 3.48. The van der Waals surface area contributed by atoms with Gasteiger partial charge in [-0.25, -0.2) is 0 Å². The molecule has 4 nitrogen and oxygen atoms in total. The van der Waals surface area contributed by atoms with E-state index >= 15 is 0 Å². The molecule has 114 valence electrons. The first-order valence-electron chi connectivity index (χ1n) is 6.96. The second-order valence-electron chi connectivity index (χ2n) is 6.09. The molecule has 0 atom stereocenters. The Morgan fingerprint density at radius 2 is 2.29 bits per heavy atom. The Balaban J connectivity index is 1.71. The molecule has 0 saturated heterocycles. The van der Waals surface area contributed by atoms with Crippen molar-refractivity contribution in [3.05, 3.63) is 28.3 Å². The highest BCUT2D eigenvalue weighted by Crippen LogP contribution is 2.34. The van der Waals surface area contributed by atoms with Crippen molar-refractivity contribution in [2.24, 2.45) is 10.4 Å². The maximum atomic E-state index is 6.17. The first kappa shape index (κ1) is 15.0. The molecule has 3 rings (SSSR count). The molecule has 0 fully saturated rings. The van der Waals surface area contributed by atoms with Crippen molar-refractivity contribution >= 4 is 28.5 Å². The fourth-order valence-electron chi connectivity index (χ4n) is 2.32. The van der Waals surface area contributed by atoms with Gasteiger partial charge in [-0.1, -0.05) is 37.2 Å².